The predicted molar refractivity (Wildman–Crippen MR) is 108 cm³/mol. The van der Waals surface area contributed by atoms with E-state index in [0.29, 0.717) is 6.42 Å². The first-order chi connectivity index (χ1) is 13.1. The third-order valence-corrected chi connectivity index (χ3v) is 4.90. The molecule has 1 aromatic heterocycles. The average molecular weight is 387 g/mol. The Balaban J connectivity index is 1.95. The van der Waals surface area contributed by atoms with Crippen LogP contribution in [0.25, 0.3) is 10.9 Å². The molecule has 2 atom stereocenters. The van der Waals surface area contributed by atoms with E-state index in [1.165, 1.54) is 0 Å². The zero-order valence-corrected chi connectivity index (χ0v) is 17.1. The van der Waals surface area contributed by atoms with E-state index in [0.717, 1.165) is 22.2 Å². The van der Waals surface area contributed by atoms with Gasteiger partial charge in [0.05, 0.1) is 18.3 Å². The fourth-order valence-corrected chi connectivity index (χ4v) is 3.68. The van der Waals surface area contributed by atoms with Crippen LogP contribution in [-0.4, -0.2) is 46.4 Å². The summed E-state index contributed by atoms with van der Waals surface area (Å²) in [6.45, 7) is 8.92. The third kappa shape index (κ3) is 3.85. The molecule has 1 aliphatic heterocycles. The summed E-state index contributed by atoms with van der Waals surface area (Å²) >= 11 is 0. The lowest BCUT2D eigenvalue weighted by atomic mass is 9.94. The van der Waals surface area contributed by atoms with E-state index >= 15 is 0 Å². The van der Waals surface area contributed by atoms with Crippen LogP contribution in [0.4, 0.5) is 10.5 Å². The summed E-state index contributed by atoms with van der Waals surface area (Å²) in [5.74, 6) is -0.398. The zero-order chi connectivity index (χ0) is 20.6. The van der Waals surface area contributed by atoms with Crippen LogP contribution in [-0.2, 0) is 16.0 Å². The Morgan fingerprint density at radius 1 is 1.36 bits per heavy atom. The molecule has 0 aliphatic carbocycles. The molecule has 3 rings (SSSR count). The fraction of sp³-hybridized carbons (Fsp3) is 0.524. The quantitative estimate of drug-likeness (QED) is 0.752. The summed E-state index contributed by atoms with van der Waals surface area (Å²) < 4.78 is 5.34. The number of aromatic nitrogens is 1. The maximum Gasteiger partial charge on any atom is 0.408 e. The molecular weight excluding hydrogens is 358 g/mol. The number of aliphatic hydroxyl groups is 1. The first-order valence-electron chi connectivity index (χ1n) is 9.64. The second kappa shape index (κ2) is 7.47. The fourth-order valence-electron chi connectivity index (χ4n) is 3.68. The Hall–Kier alpha value is -2.54. The lowest BCUT2D eigenvalue weighted by molar-refractivity contribution is -0.122. The number of alkyl carbamates (subject to hydrolysis) is 1. The number of aliphatic hydroxyl groups excluding tert-OH is 1. The number of hydrogen-bond acceptors (Lipinski definition) is 4. The summed E-state index contributed by atoms with van der Waals surface area (Å²) in [5, 5.41) is 13.7. The van der Waals surface area contributed by atoms with Crippen molar-refractivity contribution in [3.05, 3.63) is 30.0 Å². The molecule has 1 aliphatic rings. The molecule has 2 heterocycles. The van der Waals surface area contributed by atoms with E-state index in [2.05, 4.69) is 10.3 Å². The van der Waals surface area contributed by atoms with Crippen molar-refractivity contribution in [3.8, 4) is 0 Å². The number of aromatic amines is 1. The molecule has 0 saturated carbocycles. The lowest BCUT2D eigenvalue weighted by Crippen LogP contribution is -2.56. The molecule has 1 unspecified atom stereocenters. The van der Waals surface area contributed by atoms with E-state index < -0.39 is 17.7 Å². The molecule has 152 valence electrons. The van der Waals surface area contributed by atoms with Crippen molar-refractivity contribution in [2.45, 2.75) is 58.7 Å². The topological polar surface area (TPSA) is 94.7 Å². The second-order valence-electron chi connectivity index (χ2n) is 8.63. The number of carbonyl (C=O) groups is 2. The number of amides is 2. The van der Waals surface area contributed by atoms with Gasteiger partial charge in [-0.1, -0.05) is 19.9 Å². The monoisotopic (exact) mass is 387 g/mol. The van der Waals surface area contributed by atoms with Crippen molar-refractivity contribution in [1.82, 2.24) is 10.3 Å². The summed E-state index contributed by atoms with van der Waals surface area (Å²) in [6.07, 6.45) is 1.85. The van der Waals surface area contributed by atoms with Gasteiger partial charge in [-0.15, -0.1) is 0 Å². The van der Waals surface area contributed by atoms with Crippen LogP contribution in [0, 0.1) is 5.92 Å². The number of carbonyl (C=O) groups excluding carboxylic acids is 2. The van der Waals surface area contributed by atoms with Crippen molar-refractivity contribution < 1.29 is 19.4 Å². The molecule has 28 heavy (non-hydrogen) atoms. The molecule has 0 fully saturated rings. The van der Waals surface area contributed by atoms with Crippen molar-refractivity contribution in [2.24, 2.45) is 5.92 Å². The van der Waals surface area contributed by atoms with Gasteiger partial charge in [0.2, 0.25) is 5.91 Å². The highest BCUT2D eigenvalue weighted by Crippen LogP contribution is 2.37. The minimum Gasteiger partial charge on any atom is -0.444 e. The first kappa shape index (κ1) is 20.2. The van der Waals surface area contributed by atoms with Crippen molar-refractivity contribution >= 4 is 28.6 Å². The molecule has 0 bridgehead atoms. The van der Waals surface area contributed by atoms with Crippen LogP contribution in [0.5, 0.6) is 0 Å². The van der Waals surface area contributed by atoms with Gasteiger partial charge in [0.1, 0.15) is 11.6 Å². The standard InChI is InChI=1S/C21H29N3O4/c1-12(2)18(23-20(27)28-21(3,4)5)19(26)24-14(11-25)9-13-10-22-15-7-6-8-16(24)17(13)15/h6-8,10,12,14,18,22,25H,9,11H2,1-5H3,(H,23,27)/t14?,18-/m0/s1. The summed E-state index contributed by atoms with van der Waals surface area (Å²) in [6, 6.07) is 4.57. The number of ether oxygens (including phenoxy) is 1. The molecule has 0 spiro atoms. The Morgan fingerprint density at radius 3 is 2.68 bits per heavy atom. The van der Waals surface area contributed by atoms with Crippen LogP contribution in [0.3, 0.4) is 0 Å². The maximum absolute atomic E-state index is 13.5. The number of rotatable bonds is 4. The highest BCUT2D eigenvalue weighted by Gasteiger charge is 2.38. The largest absolute Gasteiger partial charge is 0.444 e. The average Bonchev–Trinajstić information content (AvgIpc) is 3.01. The van der Waals surface area contributed by atoms with Gasteiger partial charge in [0.25, 0.3) is 0 Å². The number of benzene rings is 1. The molecule has 3 N–H and O–H groups in total. The Kier molecular flexibility index (Phi) is 5.39. The normalized spacial score (nSPS) is 17.7. The smallest absolute Gasteiger partial charge is 0.408 e. The van der Waals surface area contributed by atoms with Crippen LogP contribution in [0.15, 0.2) is 24.4 Å². The number of nitrogens with one attached hydrogen (secondary N) is 2. The molecule has 0 saturated heterocycles. The van der Waals surface area contributed by atoms with Crippen LogP contribution < -0.4 is 10.2 Å². The van der Waals surface area contributed by atoms with Crippen LogP contribution in [0.1, 0.15) is 40.2 Å². The van der Waals surface area contributed by atoms with E-state index in [4.69, 9.17) is 4.74 Å². The van der Waals surface area contributed by atoms with Gasteiger partial charge >= 0.3 is 6.09 Å². The van der Waals surface area contributed by atoms with Gasteiger partial charge in [0.15, 0.2) is 0 Å². The molecule has 7 nitrogen and oxygen atoms in total. The summed E-state index contributed by atoms with van der Waals surface area (Å²) in [5.41, 5.74) is 2.12. The Morgan fingerprint density at radius 2 is 2.07 bits per heavy atom. The summed E-state index contributed by atoms with van der Waals surface area (Å²) in [4.78, 5) is 30.7. The SMILES string of the molecule is CC(C)[C@H](NC(=O)OC(C)(C)C)C(=O)N1c2cccc3[nH]cc(c23)CC1CO. The van der Waals surface area contributed by atoms with Crippen molar-refractivity contribution in [3.63, 3.8) is 0 Å². The first-order valence-corrected chi connectivity index (χ1v) is 9.64. The molecular formula is C21H29N3O4. The zero-order valence-electron chi connectivity index (χ0n) is 17.1. The van der Waals surface area contributed by atoms with Gasteiger partial charge in [0, 0.05) is 17.1 Å². The molecule has 2 amide bonds. The van der Waals surface area contributed by atoms with Gasteiger partial charge in [-0.25, -0.2) is 4.79 Å². The van der Waals surface area contributed by atoms with E-state index in [1.54, 1.807) is 25.7 Å². The Labute approximate surface area is 165 Å². The molecule has 7 heteroatoms. The van der Waals surface area contributed by atoms with E-state index in [1.807, 2.05) is 38.2 Å². The Bertz CT molecular complexity index is 881. The van der Waals surface area contributed by atoms with Crippen molar-refractivity contribution in [2.75, 3.05) is 11.5 Å². The molecule has 0 radical (unpaired) electrons. The lowest BCUT2D eigenvalue weighted by Gasteiger charge is -2.38. The third-order valence-electron chi connectivity index (χ3n) is 4.90. The highest BCUT2D eigenvalue weighted by molar-refractivity contribution is 6.08. The maximum atomic E-state index is 13.5. The van der Waals surface area contributed by atoms with E-state index in [9.17, 15) is 14.7 Å². The summed E-state index contributed by atoms with van der Waals surface area (Å²) in [7, 11) is 0. The number of anilines is 1. The van der Waals surface area contributed by atoms with Crippen molar-refractivity contribution in [1.29, 1.82) is 0 Å². The van der Waals surface area contributed by atoms with Gasteiger partial charge in [-0.2, -0.15) is 0 Å². The number of H-pyrrole nitrogens is 1. The molecule has 2 aromatic rings. The second-order valence-corrected chi connectivity index (χ2v) is 8.63. The predicted octanol–water partition coefficient (Wildman–Crippen LogP) is 2.97. The number of hydrogen-bond donors (Lipinski definition) is 3. The molecule has 1 aromatic carbocycles. The minimum atomic E-state index is -0.764. The van der Waals surface area contributed by atoms with Gasteiger partial charge < -0.3 is 25.0 Å². The highest BCUT2D eigenvalue weighted by atomic mass is 16.6. The minimum absolute atomic E-state index is 0.147. The van der Waals surface area contributed by atoms with Gasteiger partial charge in [-0.05, 0) is 50.8 Å². The van der Waals surface area contributed by atoms with Crippen LogP contribution >= 0.6 is 0 Å². The number of nitrogens with zero attached hydrogens (tertiary/aromatic N) is 1. The van der Waals surface area contributed by atoms with Gasteiger partial charge in [-0.3, -0.25) is 4.79 Å². The van der Waals surface area contributed by atoms with Crippen LogP contribution in [0.2, 0.25) is 0 Å². The van der Waals surface area contributed by atoms with E-state index in [-0.39, 0.29) is 24.5 Å².